The van der Waals surface area contributed by atoms with E-state index in [4.69, 9.17) is 4.74 Å². The van der Waals surface area contributed by atoms with Crippen molar-refractivity contribution < 1.29 is 4.74 Å². The first-order chi connectivity index (χ1) is 11.1. The highest BCUT2D eigenvalue weighted by molar-refractivity contribution is 6.77. The summed E-state index contributed by atoms with van der Waals surface area (Å²) in [7, 11) is -1.36. The van der Waals surface area contributed by atoms with Crippen molar-refractivity contribution in [3.05, 3.63) is 41.5 Å². The molecule has 1 N–H and O–H groups in total. The third-order valence-corrected chi connectivity index (χ3v) is 11.3. The highest BCUT2D eigenvalue weighted by atomic mass is 28.3. The number of fused-ring (bicyclic) bond motifs is 1. The first-order valence-corrected chi connectivity index (χ1v) is 11.8. The van der Waals surface area contributed by atoms with Crippen molar-refractivity contribution in [2.75, 3.05) is 13.2 Å². The molecule has 1 saturated heterocycles. The minimum Gasteiger partial charge on any atom is -0.376 e. The molecule has 2 unspecified atom stereocenters. The fourth-order valence-corrected chi connectivity index (χ4v) is 7.63. The highest BCUT2D eigenvalue weighted by Crippen LogP contribution is 2.50. The van der Waals surface area contributed by atoms with Crippen molar-refractivity contribution in [2.24, 2.45) is 5.41 Å². The molecule has 0 aromatic heterocycles. The first kappa shape index (κ1) is 16.9. The lowest BCUT2D eigenvalue weighted by Crippen LogP contribution is -2.53. The van der Waals surface area contributed by atoms with E-state index in [2.05, 4.69) is 63.0 Å². The Kier molecular flexibility index (Phi) is 4.82. The quantitative estimate of drug-likeness (QED) is 0.754. The third-order valence-electron chi connectivity index (χ3n) is 6.32. The van der Waals surface area contributed by atoms with Gasteiger partial charge < -0.3 is 9.72 Å². The minimum absolute atomic E-state index is 0.234. The standard InChI is InChI=1S/C20H31NOSi/c1-5-23(6-2,7-3)21-18-13-20(4)15-22-14-17(20)19(18)16-11-9-8-10-12-16/h8-12,18,21H,5-7,13-15H2,1-4H3. The number of benzene rings is 1. The van der Waals surface area contributed by atoms with Gasteiger partial charge in [-0.25, -0.2) is 0 Å². The molecule has 0 saturated carbocycles. The fourth-order valence-electron chi connectivity index (χ4n) is 4.53. The van der Waals surface area contributed by atoms with Gasteiger partial charge >= 0.3 is 0 Å². The Bertz CT molecular complexity index is 570. The molecule has 0 bridgehead atoms. The monoisotopic (exact) mass is 329 g/mol. The summed E-state index contributed by atoms with van der Waals surface area (Å²) in [6, 6.07) is 15.4. The van der Waals surface area contributed by atoms with Crippen molar-refractivity contribution in [2.45, 2.75) is 58.3 Å². The van der Waals surface area contributed by atoms with E-state index in [9.17, 15) is 0 Å². The normalized spacial score (nSPS) is 27.6. The summed E-state index contributed by atoms with van der Waals surface area (Å²) >= 11 is 0. The fraction of sp³-hybridized carbons (Fsp3) is 0.600. The van der Waals surface area contributed by atoms with Crippen LogP contribution in [-0.2, 0) is 4.74 Å². The highest BCUT2D eigenvalue weighted by Gasteiger charge is 2.47. The Morgan fingerprint density at radius 2 is 1.78 bits per heavy atom. The Morgan fingerprint density at radius 3 is 2.39 bits per heavy atom. The van der Waals surface area contributed by atoms with Crippen molar-refractivity contribution in [1.29, 1.82) is 0 Å². The lowest BCUT2D eigenvalue weighted by atomic mass is 9.86. The Balaban J connectivity index is 1.99. The number of hydrogen-bond acceptors (Lipinski definition) is 2. The van der Waals surface area contributed by atoms with Gasteiger partial charge in [-0.2, -0.15) is 0 Å². The second-order valence-corrected chi connectivity index (χ2v) is 12.5. The van der Waals surface area contributed by atoms with E-state index in [1.54, 1.807) is 5.57 Å². The van der Waals surface area contributed by atoms with Crippen molar-refractivity contribution in [1.82, 2.24) is 4.98 Å². The molecule has 1 heterocycles. The average molecular weight is 330 g/mol. The largest absolute Gasteiger partial charge is 0.376 e. The molecular formula is C20H31NOSi. The molecule has 0 amide bonds. The zero-order chi connectivity index (χ0) is 16.5. The molecule has 0 spiro atoms. The second-order valence-electron chi connectivity index (χ2n) is 7.55. The van der Waals surface area contributed by atoms with Gasteiger partial charge in [0.2, 0.25) is 0 Å². The number of ether oxygens (including phenoxy) is 1. The minimum atomic E-state index is -1.36. The van der Waals surface area contributed by atoms with Gasteiger partial charge in [-0.1, -0.05) is 58.0 Å². The summed E-state index contributed by atoms with van der Waals surface area (Å²) in [5.74, 6) is 0. The molecule has 3 heteroatoms. The molecule has 1 aromatic carbocycles. The van der Waals surface area contributed by atoms with Gasteiger partial charge in [-0.3, -0.25) is 0 Å². The molecule has 23 heavy (non-hydrogen) atoms. The third kappa shape index (κ3) is 2.95. The van der Waals surface area contributed by atoms with Crippen LogP contribution in [0.3, 0.4) is 0 Å². The molecule has 1 aromatic rings. The molecule has 2 nitrogen and oxygen atoms in total. The van der Waals surface area contributed by atoms with Crippen LogP contribution in [0.2, 0.25) is 18.1 Å². The van der Waals surface area contributed by atoms with Gasteiger partial charge in [-0.15, -0.1) is 0 Å². The van der Waals surface area contributed by atoms with Gasteiger partial charge in [0.25, 0.3) is 0 Å². The number of hydrogen-bond donors (Lipinski definition) is 1. The SMILES string of the molecule is CC[Si](CC)(CC)NC1CC2(C)COCC2=C1c1ccccc1. The predicted molar refractivity (Wildman–Crippen MR) is 101 cm³/mol. The molecule has 3 rings (SSSR count). The van der Waals surface area contributed by atoms with Crippen LogP contribution in [0.15, 0.2) is 35.9 Å². The van der Waals surface area contributed by atoms with Crippen LogP contribution in [0.5, 0.6) is 0 Å². The van der Waals surface area contributed by atoms with Crippen LogP contribution >= 0.6 is 0 Å². The maximum atomic E-state index is 5.85. The van der Waals surface area contributed by atoms with E-state index < -0.39 is 8.24 Å². The molecule has 126 valence electrons. The topological polar surface area (TPSA) is 21.3 Å². The van der Waals surface area contributed by atoms with Gasteiger partial charge in [0.05, 0.1) is 13.2 Å². The lowest BCUT2D eigenvalue weighted by Gasteiger charge is -2.35. The summed E-state index contributed by atoms with van der Waals surface area (Å²) in [6.45, 7) is 11.2. The summed E-state index contributed by atoms with van der Waals surface area (Å²) in [5, 5.41) is 0. The van der Waals surface area contributed by atoms with E-state index in [1.165, 1.54) is 35.7 Å². The van der Waals surface area contributed by atoms with Crippen LogP contribution in [0.25, 0.3) is 5.57 Å². The maximum absolute atomic E-state index is 5.85. The molecule has 1 fully saturated rings. The zero-order valence-electron chi connectivity index (χ0n) is 15.1. The van der Waals surface area contributed by atoms with Crippen LogP contribution < -0.4 is 4.98 Å². The van der Waals surface area contributed by atoms with Gasteiger partial charge in [0, 0.05) is 11.5 Å². The summed E-state index contributed by atoms with van der Waals surface area (Å²) < 4.78 is 5.85. The number of nitrogens with one attached hydrogen (secondary N) is 1. The molecule has 1 aliphatic heterocycles. The Morgan fingerprint density at radius 1 is 1.13 bits per heavy atom. The van der Waals surface area contributed by atoms with E-state index in [-0.39, 0.29) is 5.41 Å². The molecule has 2 aliphatic rings. The summed E-state index contributed by atoms with van der Waals surface area (Å²) in [6.07, 6.45) is 1.20. The lowest BCUT2D eigenvalue weighted by molar-refractivity contribution is 0.153. The zero-order valence-corrected chi connectivity index (χ0v) is 16.1. The van der Waals surface area contributed by atoms with E-state index in [1.807, 2.05) is 0 Å². The molecule has 0 radical (unpaired) electrons. The van der Waals surface area contributed by atoms with Crippen LogP contribution in [0.1, 0.15) is 39.7 Å². The summed E-state index contributed by atoms with van der Waals surface area (Å²) in [4.78, 5) is 4.21. The van der Waals surface area contributed by atoms with E-state index in [0.29, 0.717) is 6.04 Å². The molecular weight excluding hydrogens is 298 g/mol. The maximum Gasteiger partial charge on any atom is 0.125 e. The number of rotatable bonds is 6. The Hall–Kier alpha value is -0.903. The average Bonchev–Trinajstić information content (AvgIpc) is 3.06. The molecule has 2 atom stereocenters. The van der Waals surface area contributed by atoms with Gasteiger partial charge in [-0.05, 0) is 41.3 Å². The van der Waals surface area contributed by atoms with E-state index in [0.717, 1.165) is 13.2 Å². The second kappa shape index (κ2) is 6.54. The Labute approximate surface area is 142 Å². The van der Waals surface area contributed by atoms with Gasteiger partial charge in [0.1, 0.15) is 8.24 Å². The van der Waals surface area contributed by atoms with E-state index >= 15 is 0 Å². The van der Waals surface area contributed by atoms with Crippen molar-refractivity contribution in [3.8, 4) is 0 Å². The van der Waals surface area contributed by atoms with Crippen molar-refractivity contribution >= 4 is 13.8 Å². The predicted octanol–water partition coefficient (Wildman–Crippen LogP) is 4.84. The van der Waals surface area contributed by atoms with Gasteiger partial charge in [0.15, 0.2) is 0 Å². The van der Waals surface area contributed by atoms with Crippen molar-refractivity contribution in [3.63, 3.8) is 0 Å². The smallest absolute Gasteiger partial charge is 0.125 e. The van der Waals surface area contributed by atoms with Crippen LogP contribution in [-0.4, -0.2) is 27.5 Å². The first-order valence-electron chi connectivity index (χ1n) is 9.22. The summed E-state index contributed by atoms with van der Waals surface area (Å²) in [5.41, 5.74) is 4.71. The van der Waals surface area contributed by atoms with Crippen LogP contribution in [0.4, 0.5) is 0 Å². The van der Waals surface area contributed by atoms with Crippen LogP contribution in [0, 0.1) is 5.41 Å². The molecule has 1 aliphatic carbocycles.